The lowest BCUT2D eigenvalue weighted by Crippen LogP contribution is -2.12. The first-order valence-corrected chi connectivity index (χ1v) is 8.36. The van der Waals surface area contributed by atoms with Gasteiger partial charge < -0.3 is 15.5 Å². The van der Waals surface area contributed by atoms with Crippen LogP contribution in [-0.4, -0.2) is 20.7 Å². The number of nitrogens with one attached hydrogen (secondary N) is 1. The lowest BCUT2D eigenvalue weighted by atomic mass is 10.2. The molecule has 27 heavy (non-hydrogen) atoms. The van der Waals surface area contributed by atoms with E-state index in [9.17, 15) is 4.79 Å². The van der Waals surface area contributed by atoms with Gasteiger partial charge in [0.1, 0.15) is 11.5 Å². The molecule has 0 saturated carbocycles. The highest BCUT2D eigenvalue weighted by Crippen LogP contribution is 2.35. The van der Waals surface area contributed by atoms with Crippen molar-refractivity contribution in [3.63, 3.8) is 0 Å². The zero-order chi connectivity index (χ0) is 18.8. The molecule has 0 unspecified atom stereocenters. The van der Waals surface area contributed by atoms with E-state index in [2.05, 4.69) is 15.4 Å². The van der Waals surface area contributed by atoms with Crippen LogP contribution in [0, 0.1) is 0 Å². The average molecular weight is 359 g/mol. The molecule has 2 aromatic carbocycles. The Hall–Kier alpha value is -3.87. The van der Waals surface area contributed by atoms with Gasteiger partial charge in [-0.25, -0.2) is 9.67 Å². The zero-order valence-electron chi connectivity index (χ0n) is 14.6. The van der Waals surface area contributed by atoms with E-state index in [4.69, 9.17) is 10.2 Å². The molecule has 0 fully saturated rings. The van der Waals surface area contributed by atoms with Gasteiger partial charge in [0.15, 0.2) is 0 Å². The Morgan fingerprint density at radius 1 is 1.07 bits per heavy atom. The number of nitrogens with two attached hydrogens (primary N) is 1. The van der Waals surface area contributed by atoms with Gasteiger partial charge in [0.05, 0.1) is 17.4 Å². The molecule has 4 aromatic rings. The van der Waals surface area contributed by atoms with Crippen LogP contribution in [0.2, 0.25) is 0 Å². The molecule has 0 aliphatic heterocycles. The molecule has 0 bridgehead atoms. The Kier molecular flexibility index (Phi) is 4.18. The number of nitrogens with zero attached hydrogens (tertiary/aromatic N) is 3. The van der Waals surface area contributed by atoms with E-state index >= 15 is 0 Å². The van der Waals surface area contributed by atoms with Crippen molar-refractivity contribution in [3.8, 4) is 28.4 Å². The van der Waals surface area contributed by atoms with Crippen molar-refractivity contribution < 1.29 is 9.21 Å². The van der Waals surface area contributed by atoms with E-state index in [1.807, 2.05) is 60.7 Å². The van der Waals surface area contributed by atoms with Crippen LogP contribution < -0.4 is 11.1 Å². The fraction of sp³-hybridized carbons (Fsp3) is 0.0500. The molecule has 4 rings (SSSR count). The maximum absolute atomic E-state index is 11.8. The molecule has 0 radical (unpaired) electrons. The largest absolute Gasteiger partial charge is 0.420 e. The molecular weight excluding hydrogens is 342 g/mol. The number of carbonyl (C=O) groups is 1. The number of para-hydroxylation sites is 1. The molecule has 7 heteroatoms. The maximum Gasteiger partial charge on any atom is 0.229 e. The Balaban J connectivity index is 1.84. The summed E-state index contributed by atoms with van der Waals surface area (Å²) < 4.78 is 7.28. The van der Waals surface area contributed by atoms with Crippen molar-refractivity contribution in [2.75, 3.05) is 11.1 Å². The molecule has 7 nitrogen and oxygen atoms in total. The SMILES string of the molecule is CC(=O)Nc1c(-c2nc(-c3ccccc3)oc2N)cnn1-c1ccccc1. The van der Waals surface area contributed by atoms with Gasteiger partial charge in [-0.05, 0) is 24.3 Å². The summed E-state index contributed by atoms with van der Waals surface area (Å²) in [5.74, 6) is 0.824. The third-order valence-corrected chi connectivity index (χ3v) is 3.99. The highest BCUT2D eigenvalue weighted by molar-refractivity contribution is 5.94. The number of hydrogen-bond donors (Lipinski definition) is 2. The molecule has 0 aliphatic rings. The van der Waals surface area contributed by atoms with Crippen LogP contribution in [0.25, 0.3) is 28.4 Å². The Labute approximate surface area is 155 Å². The summed E-state index contributed by atoms with van der Waals surface area (Å²) in [4.78, 5) is 16.3. The van der Waals surface area contributed by atoms with Gasteiger partial charge in [-0.2, -0.15) is 5.10 Å². The minimum Gasteiger partial charge on any atom is -0.420 e. The topological polar surface area (TPSA) is 99.0 Å². The number of aromatic nitrogens is 3. The number of benzene rings is 2. The molecule has 0 atom stereocenters. The minimum absolute atomic E-state index is 0.160. The molecule has 0 spiro atoms. The van der Waals surface area contributed by atoms with Crippen LogP contribution in [0.3, 0.4) is 0 Å². The second-order valence-corrected chi connectivity index (χ2v) is 5.93. The van der Waals surface area contributed by atoms with E-state index < -0.39 is 0 Å². The van der Waals surface area contributed by atoms with Crippen LogP contribution in [0.4, 0.5) is 11.7 Å². The lowest BCUT2D eigenvalue weighted by Gasteiger charge is -2.09. The third kappa shape index (κ3) is 3.18. The van der Waals surface area contributed by atoms with Crippen molar-refractivity contribution in [3.05, 3.63) is 66.9 Å². The molecule has 2 heterocycles. The Morgan fingerprint density at radius 3 is 2.41 bits per heavy atom. The van der Waals surface area contributed by atoms with Crippen molar-refractivity contribution in [2.45, 2.75) is 6.92 Å². The van der Waals surface area contributed by atoms with Crippen LogP contribution in [0.15, 0.2) is 71.3 Å². The number of rotatable bonds is 4. The van der Waals surface area contributed by atoms with Crippen LogP contribution in [0.1, 0.15) is 6.92 Å². The second-order valence-electron chi connectivity index (χ2n) is 5.93. The summed E-state index contributed by atoms with van der Waals surface area (Å²) in [6, 6.07) is 19.0. The van der Waals surface area contributed by atoms with Crippen molar-refractivity contribution in [1.29, 1.82) is 0 Å². The van der Waals surface area contributed by atoms with Crippen LogP contribution in [0.5, 0.6) is 0 Å². The summed E-state index contributed by atoms with van der Waals surface area (Å²) in [6.07, 6.45) is 1.61. The highest BCUT2D eigenvalue weighted by Gasteiger charge is 2.22. The van der Waals surface area contributed by atoms with Gasteiger partial charge in [-0.3, -0.25) is 4.79 Å². The van der Waals surface area contributed by atoms with Crippen molar-refractivity contribution >= 4 is 17.6 Å². The molecular formula is C20H17N5O2. The predicted octanol–water partition coefficient (Wildman–Crippen LogP) is 3.73. The van der Waals surface area contributed by atoms with E-state index in [0.29, 0.717) is 23.0 Å². The summed E-state index contributed by atoms with van der Waals surface area (Å²) in [5, 5.41) is 7.22. The first kappa shape index (κ1) is 16.6. The lowest BCUT2D eigenvalue weighted by molar-refractivity contribution is -0.114. The number of carbonyl (C=O) groups excluding carboxylic acids is 1. The van der Waals surface area contributed by atoms with Gasteiger partial charge in [0.2, 0.25) is 17.7 Å². The second kappa shape index (κ2) is 6.80. The van der Waals surface area contributed by atoms with Crippen LogP contribution in [-0.2, 0) is 4.79 Å². The molecule has 0 aliphatic carbocycles. The summed E-state index contributed by atoms with van der Waals surface area (Å²) >= 11 is 0. The van der Waals surface area contributed by atoms with E-state index in [-0.39, 0.29) is 11.8 Å². The van der Waals surface area contributed by atoms with Crippen molar-refractivity contribution in [1.82, 2.24) is 14.8 Å². The number of oxazole rings is 1. The van der Waals surface area contributed by atoms with Crippen molar-refractivity contribution in [2.24, 2.45) is 0 Å². The molecule has 3 N–H and O–H groups in total. The van der Waals surface area contributed by atoms with Gasteiger partial charge in [-0.1, -0.05) is 36.4 Å². The predicted molar refractivity (Wildman–Crippen MR) is 103 cm³/mol. The first-order valence-electron chi connectivity index (χ1n) is 8.36. The first-order chi connectivity index (χ1) is 13.1. The maximum atomic E-state index is 11.8. The number of anilines is 2. The fourth-order valence-electron chi connectivity index (χ4n) is 2.80. The molecule has 1 amide bonds. The quantitative estimate of drug-likeness (QED) is 0.578. The van der Waals surface area contributed by atoms with E-state index in [0.717, 1.165) is 11.3 Å². The average Bonchev–Trinajstić information content (AvgIpc) is 3.26. The number of nitrogen functional groups attached to an aromatic ring is 1. The standard InChI is InChI=1S/C20H17N5O2/c1-13(26)23-19-16(12-22-25(19)15-10-6-3-7-11-15)17-18(21)27-20(24-17)14-8-4-2-5-9-14/h2-12H,21H2,1H3,(H,23,26). The highest BCUT2D eigenvalue weighted by atomic mass is 16.4. The van der Waals surface area contributed by atoms with E-state index in [1.54, 1.807) is 10.9 Å². The summed E-state index contributed by atoms with van der Waals surface area (Å²) in [7, 11) is 0. The van der Waals surface area contributed by atoms with Crippen LogP contribution >= 0.6 is 0 Å². The molecule has 134 valence electrons. The van der Waals surface area contributed by atoms with Gasteiger partial charge in [0.25, 0.3) is 0 Å². The smallest absolute Gasteiger partial charge is 0.229 e. The Morgan fingerprint density at radius 2 is 1.74 bits per heavy atom. The monoisotopic (exact) mass is 359 g/mol. The molecule has 2 aromatic heterocycles. The van der Waals surface area contributed by atoms with Gasteiger partial charge in [0, 0.05) is 12.5 Å². The normalized spacial score (nSPS) is 10.7. The summed E-state index contributed by atoms with van der Waals surface area (Å²) in [6.45, 7) is 1.44. The van der Waals surface area contributed by atoms with E-state index in [1.165, 1.54) is 6.92 Å². The minimum atomic E-state index is -0.223. The molecule has 0 saturated heterocycles. The zero-order valence-corrected chi connectivity index (χ0v) is 14.6. The fourth-order valence-corrected chi connectivity index (χ4v) is 2.80. The van der Waals surface area contributed by atoms with Gasteiger partial charge >= 0.3 is 0 Å². The number of hydrogen-bond acceptors (Lipinski definition) is 5. The number of amides is 1. The summed E-state index contributed by atoms with van der Waals surface area (Å²) in [5.41, 5.74) is 8.71. The Bertz CT molecular complexity index is 1080. The van der Waals surface area contributed by atoms with Gasteiger partial charge in [-0.15, -0.1) is 0 Å². The third-order valence-electron chi connectivity index (χ3n) is 3.99.